The fourth-order valence-corrected chi connectivity index (χ4v) is 3.09. The van der Waals surface area contributed by atoms with Crippen LogP contribution in [0, 0.1) is 5.92 Å². The Morgan fingerprint density at radius 1 is 1.00 bits per heavy atom. The standard InChI is InChI=1S/C16H25N3O/c1-13-12-19(7-6-16(13)17)15-4-2-14(3-5-15)18-8-10-20-11-9-18/h2-5,13,16H,6-12,17H2,1H3. The van der Waals surface area contributed by atoms with Crippen LogP contribution in [0.25, 0.3) is 0 Å². The molecule has 2 saturated heterocycles. The fraction of sp³-hybridized carbons (Fsp3) is 0.625. The third kappa shape index (κ3) is 2.91. The van der Waals surface area contributed by atoms with Crippen molar-refractivity contribution in [3.05, 3.63) is 24.3 Å². The van der Waals surface area contributed by atoms with E-state index in [-0.39, 0.29) is 0 Å². The molecular formula is C16H25N3O. The molecule has 4 nitrogen and oxygen atoms in total. The molecule has 2 heterocycles. The van der Waals surface area contributed by atoms with Gasteiger partial charge in [-0.15, -0.1) is 0 Å². The second-order valence-electron chi connectivity index (χ2n) is 5.99. The summed E-state index contributed by atoms with van der Waals surface area (Å²) in [6.07, 6.45) is 1.09. The quantitative estimate of drug-likeness (QED) is 0.892. The van der Waals surface area contributed by atoms with Gasteiger partial charge in [-0.25, -0.2) is 0 Å². The van der Waals surface area contributed by atoms with Crippen LogP contribution in [0.15, 0.2) is 24.3 Å². The number of morpholine rings is 1. The van der Waals surface area contributed by atoms with Gasteiger partial charge < -0.3 is 20.3 Å². The molecule has 20 heavy (non-hydrogen) atoms. The lowest BCUT2D eigenvalue weighted by molar-refractivity contribution is 0.122. The third-order valence-electron chi connectivity index (χ3n) is 4.56. The zero-order valence-corrected chi connectivity index (χ0v) is 12.3. The van der Waals surface area contributed by atoms with Crippen molar-refractivity contribution in [3.63, 3.8) is 0 Å². The van der Waals surface area contributed by atoms with Crippen LogP contribution in [0.4, 0.5) is 11.4 Å². The molecule has 0 amide bonds. The van der Waals surface area contributed by atoms with Gasteiger partial charge in [0.2, 0.25) is 0 Å². The normalized spacial score (nSPS) is 27.7. The van der Waals surface area contributed by atoms with Crippen molar-refractivity contribution in [2.24, 2.45) is 11.7 Å². The Kier molecular flexibility index (Phi) is 4.13. The van der Waals surface area contributed by atoms with E-state index in [9.17, 15) is 0 Å². The van der Waals surface area contributed by atoms with Crippen molar-refractivity contribution in [1.29, 1.82) is 0 Å². The highest BCUT2D eigenvalue weighted by Crippen LogP contribution is 2.25. The SMILES string of the molecule is CC1CN(c2ccc(N3CCOCC3)cc2)CCC1N. The number of rotatable bonds is 2. The minimum atomic E-state index is 0.360. The van der Waals surface area contributed by atoms with Crippen LogP contribution >= 0.6 is 0 Å². The van der Waals surface area contributed by atoms with Crippen molar-refractivity contribution < 1.29 is 4.74 Å². The van der Waals surface area contributed by atoms with E-state index in [1.807, 2.05) is 0 Å². The summed E-state index contributed by atoms with van der Waals surface area (Å²) in [5, 5.41) is 0. The molecule has 0 radical (unpaired) electrons. The van der Waals surface area contributed by atoms with Crippen LogP contribution in [-0.2, 0) is 4.74 Å². The molecule has 2 aliphatic heterocycles. The number of hydrogen-bond donors (Lipinski definition) is 1. The maximum Gasteiger partial charge on any atom is 0.0642 e. The van der Waals surface area contributed by atoms with Crippen molar-refractivity contribution in [1.82, 2.24) is 0 Å². The Morgan fingerprint density at radius 3 is 2.20 bits per heavy atom. The summed E-state index contributed by atoms with van der Waals surface area (Å²) in [6, 6.07) is 9.32. The highest BCUT2D eigenvalue weighted by atomic mass is 16.5. The smallest absolute Gasteiger partial charge is 0.0642 e. The van der Waals surface area contributed by atoms with E-state index in [0.29, 0.717) is 12.0 Å². The van der Waals surface area contributed by atoms with Gasteiger partial charge in [0, 0.05) is 43.6 Å². The zero-order valence-electron chi connectivity index (χ0n) is 12.3. The molecule has 3 rings (SSSR count). The van der Waals surface area contributed by atoms with Crippen molar-refractivity contribution in [3.8, 4) is 0 Å². The van der Waals surface area contributed by atoms with E-state index < -0.39 is 0 Å². The Bertz CT molecular complexity index is 428. The van der Waals surface area contributed by atoms with E-state index in [0.717, 1.165) is 45.8 Å². The summed E-state index contributed by atoms with van der Waals surface area (Å²) in [5.74, 6) is 0.572. The van der Waals surface area contributed by atoms with Gasteiger partial charge in [0.1, 0.15) is 0 Å². The second-order valence-corrected chi connectivity index (χ2v) is 5.99. The first-order valence-corrected chi connectivity index (χ1v) is 7.67. The minimum absolute atomic E-state index is 0.360. The number of ether oxygens (including phenoxy) is 1. The van der Waals surface area contributed by atoms with E-state index >= 15 is 0 Å². The van der Waals surface area contributed by atoms with Crippen LogP contribution in [0.5, 0.6) is 0 Å². The third-order valence-corrected chi connectivity index (χ3v) is 4.56. The molecular weight excluding hydrogens is 250 g/mol. The van der Waals surface area contributed by atoms with Crippen LogP contribution in [-0.4, -0.2) is 45.4 Å². The molecule has 2 N–H and O–H groups in total. The maximum absolute atomic E-state index is 6.09. The van der Waals surface area contributed by atoms with Gasteiger partial charge in [0.05, 0.1) is 13.2 Å². The number of anilines is 2. The number of nitrogens with zero attached hydrogens (tertiary/aromatic N) is 2. The van der Waals surface area contributed by atoms with Gasteiger partial charge in [0.25, 0.3) is 0 Å². The Labute approximate surface area is 121 Å². The van der Waals surface area contributed by atoms with Gasteiger partial charge in [-0.05, 0) is 36.6 Å². The first-order valence-electron chi connectivity index (χ1n) is 7.67. The molecule has 4 heteroatoms. The number of benzene rings is 1. The van der Waals surface area contributed by atoms with Crippen molar-refractivity contribution >= 4 is 11.4 Å². The van der Waals surface area contributed by atoms with E-state index in [1.54, 1.807) is 0 Å². The molecule has 2 fully saturated rings. The lowest BCUT2D eigenvalue weighted by Gasteiger charge is -2.37. The van der Waals surface area contributed by atoms with Crippen LogP contribution in [0.3, 0.4) is 0 Å². The van der Waals surface area contributed by atoms with Gasteiger partial charge in [-0.1, -0.05) is 6.92 Å². The molecule has 0 saturated carbocycles. The molecule has 2 aliphatic rings. The molecule has 2 atom stereocenters. The summed E-state index contributed by atoms with van der Waals surface area (Å²) in [6.45, 7) is 8.05. The molecule has 1 aromatic rings. The van der Waals surface area contributed by atoms with E-state index in [2.05, 4.69) is 41.0 Å². The zero-order chi connectivity index (χ0) is 13.9. The minimum Gasteiger partial charge on any atom is -0.378 e. The Morgan fingerprint density at radius 2 is 1.60 bits per heavy atom. The Balaban J connectivity index is 1.66. The van der Waals surface area contributed by atoms with Gasteiger partial charge in [0.15, 0.2) is 0 Å². The molecule has 0 aromatic heterocycles. The van der Waals surface area contributed by atoms with Gasteiger partial charge >= 0.3 is 0 Å². The largest absolute Gasteiger partial charge is 0.378 e. The molecule has 0 bridgehead atoms. The highest BCUT2D eigenvalue weighted by Gasteiger charge is 2.23. The van der Waals surface area contributed by atoms with Crippen LogP contribution in [0.1, 0.15) is 13.3 Å². The fourth-order valence-electron chi connectivity index (χ4n) is 3.09. The Hall–Kier alpha value is -1.26. The highest BCUT2D eigenvalue weighted by molar-refractivity contribution is 5.56. The summed E-state index contributed by atoms with van der Waals surface area (Å²) >= 11 is 0. The lowest BCUT2D eigenvalue weighted by atomic mass is 9.94. The van der Waals surface area contributed by atoms with Crippen molar-refractivity contribution in [2.75, 3.05) is 49.2 Å². The molecule has 0 aliphatic carbocycles. The molecule has 1 aromatic carbocycles. The van der Waals surface area contributed by atoms with Crippen molar-refractivity contribution in [2.45, 2.75) is 19.4 Å². The average Bonchev–Trinajstić information content (AvgIpc) is 2.51. The second kappa shape index (κ2) is 6.02. The number of piperidine rings is 1. The predicted octanol–water partition coefficient (Wildman–Crippen LogP) is 1.70. The number of nitrogens with two attached hydrogens (primary N) is 1. The first kappa shape index (κ1) is 13.7. The van der Waals surface area contributed by atoms with Gasteiger partial charge in [-0.2, -0.15) is 0 Å². The van der Waals surface area contributed by atoms with Crippen LogP contribution < -0.4 is 15.5 Å². The molecule has 0 spiro atoms. The first-order chi connectivity index (χ1) is 9.74. The maximum atomic E-state index is 6.09. The average molecular weight is 275 g/mol. The van der Waals surface area contributed by atoms with Crippen LogP contribution in [0.2, 0.25) is 0 Å². The predicted molar refractivity (Wildman–Crippen MR) is 83.4 cm³/mol. The van der Waals surface area contributed by atoms with Gasteiger partial charge in [-0.3, -0.25) is 0 Å². The molecule has 110 valence electrons. The summed E-state index contributed by atoms with van der Waals surface area (Å²) in [7, 11) is 0. The summed E-state index contributed by atoms with van der Waals surface area (Å²) < 4.78 is 5.40. The molecule has 2 unspecified atom stereocenters. The summed E-state index contributed by atoms with van der Waals surface area (Å²) in [4.78, 5) is 4.85. The number of hydrogen-bond acceptors (Lipinski definition) is 4. The topological polar surface area (TPSA) is 41.7 Å². The lowest BCUT2D eigenvalue weighted by Crippen LogP contribution is -2.46. The van der Waals surface area contributed by atoms with E-state index in [4.69, 9.17) is 10.5 Å². The summed E-state index contributed by atoms with van der Waals surface area (Å²) in [5.41, 5.74) is 8.72. The monoisotopic (exact) mass is 275 g/mol. The van der Waals surface area contributed by atoms with E-state index in [1.165, 1.54) is 11.4 Å².